The van der Waals surface area contributed by atoms with Gasteiger partial charge in [0.25, 0.3) is 0 Å². The van der Waals surface area contributed by atoms with Crippen molar-refractivity contribution in [2.24, 2.45) is 0 Å². The van der Waals surface area contributed by atoms with Gasteiger partial charge in [0.15, 0.2) is 0 Å². The SMILES string of the molecule is Cc1ccc(S(=O)(=O)NCC2CN(C)CCO2)cc1Cl. The summed E-state index contributed by atoms with van der Waals surface area (Å²) in [7, 11) is -1.56. The molecule has 2 rings (SSSR count). The van der Waals surface area contributed by atoms with Crippen LogP contribution < -0.4 is 4.72 Å². The Balaban J connectivity index is 2.01. The van der Waals surface area contributed by atoms with Gasteiger partial charge >= 0.3 is 0 Å². The average Bonchev–Trinajstić information content (AvgIpc) is 2.40. The van der Waals surface area contributed by atoms with E-state index in [0.29, 0.717) is 11.6 Å². The third kappa shape index (κ3) is 3.93. The summed E-state index contributed by atoms with van der Waals surface area (Å²) in [5, 5.41) is 0.446. The third-order valence-corrected chi connectivity index (χ3v) is 5.12. The number of halogens is 1. The number of nitrogens with one attached hydrogen (secondary N) is 1. The Labute approximate surface area is 124 Å². The van der Waals surface area contributed by atoms with Crippen molar-refractivity contribution in [1.29, 1.82) is 0 Å². The Morgan fingerprint density at radius 2 is 2.25 bits per heavy atom. The van der Waals surface area contributed by atoms with Gasteiger partial charge in [-0.15, -0.1) is 0 Å². The molecule has 1 unspecified atom stereocenters. The molecular weight excluding hydrogens is 300 g/mol. The summed E-state index contributed by atoms with van der Waals surface area (Å²) in [4.78, 5) is 2.29. The average molecular weight is 319 g/mol. The van der Waals surface area contributed by atoms with Gasteiger partial charge in [0, 0.05) is 24.7 Å². The summed E-state index contributed by atoms with van der Waals surface area (Å²) in [6, 6.07) is 4.71. The number of hydrogen-bond donors (Lipinski definition) is 1. The molecule has 1 fully saturated rings. The van der Waals surface area contributed by atoms with Crippen LogP contribution in [0.4, 0.5) is 0 Å². The second kappa shape index (κ2) is 6.41. The Hall–Kier alpha value is -0.660. The topological polar surface area (TPSA) is 58.6 Å². The summed E-state index contributed by atoms with van der Waals surface area (Å²) in [5.41, 5.74) is 0.850. The Morgan fingerprint density at radius 3 is 2.90 bits per heavy atom. The normalized spacial score (nSPS) is 21.1. The molecule has 0 aliphatic carbocycles. The summed E-state index contributed by atoms with van der Waals surface area (Å²) in [6.45, 7) is 4.31. The van der Waals surface area contributed by atoms with Crippen LogP contribution in [-0.2, 0) is 14.8 Å². The summed E-state index contributed by atoms with van der Waals surface area (Å²) in [6.07, 6.45) is -0.121. The first-order valence-corrected chi connectivity index (χ1v) is 8.30. The molecule has 0 radical (unpaired) electrons. The van der Waals surface area contributed by atoms with Crippen molar-refractivity contribution in [3.05, 3.63) is 28.8 Å². The van der Waals surface area contributed by atoms with Gasteiger partial charge in [-0.25, -0.2) is 13.1 Å². The van der Waals surface area contributed by atoms with Gasteiger partial charge in [-0.2, -0.15) is 0 Å². The Morgan fingerprint density at radius 1 is 1.50 bits per heavy atom. The third-order valence-electron chi connectivity index (χ3n) is 3.30. The van der Waals surface area contributed by atoms with Crippen molar-refractivity contribution >= 4 is 21.6 Å². The minimum atomic E-state index is -3.55. The number of hydrogen-bond acceptors (Lipinski definition) is 4. The minimum absolute atomic E-state index is 0.121. The molecule has 0 saturated carbocycles. The molecule has 5 nitrogen and oxygen atoms in total. The van der Waals surface area contributed by atoms with E-state index in [2.05, 4.69) is 9.62 Å². The molecule has 0 aromatic heterocycles. The predicted molar refractivity (Wildman–Crippen MR) is 78.6 cm³/mol. The van der Waals surface area contributed by atoms with E-state index < -0.39 is 10.0 Å². The summed E-state index contributed by atoms with van der Waals surface area (Å²) in [5.74, 6) is 0. The highest BCUT2D eigenvalue weighted by Gasteiger charge is 2.21. The predicted octanol–water partition coefficient (Wildman–Crippen LogP) is 1.26. The molecular formula is C13H19ClN2O3S. The smallest absolute Gasteiger partial charge is 0.240 e. The van der Waals surface area contributed by atoms with Gasteiger partial charge in [-0.05, 0) is 31.7 Å². The molecule has 1 heterocycles. The second-order valence-corrected chi connectivity index (χ2v) is 7.19. The van der Waals surface area contributed by atoms with Crippen LogP contribution >= 0.6 is 11.6 Å². The number of sulfonamides is 1. The lowest BCUT2D eigenvalue weighted by molar-refractivity contribution is -0.0156. The van der Waals surface area contributed by atoms with E-state index in [-0.39, 0.29) is 17.5 Å². The number of benzene rings is 1. The van der Waals surface area contributed by atoms with E-state index in [1.807, 2.05) is 14.0 Å². The monoisotopic (exact) mass is 318 g/mol. The van der Waals surface area contributed by atoms with E-state index in [4.69, 9.17) is 16.3 Å². The van der Waals surface area contributed by atoms with E-state index >= 15 is 0 Å². The molecule has 1 aromatic carbocycles. The molecule has 1 atom stereocenters. The van der Waals surface area contributed by atoms with Crippen LogP contribution in [0.25, 0.3) is 0 Å². The van der Waals surface area contributed by atoms with E-state index in [0.717, 1.165) is 18.7 Å². The van der Waals surface area contributed by atoms with Crippen LogP contribution in [0.3, 0.4) is 0 Å². The van der Waals surface area contributed by atoms with Gasteiger partial charge in [-0.3, -0.25) is 0 Å². The van der Waals surface area contributed by atoms with Crippen molar-refractivity contribution in [2.75, 3.05) is 33.3 Å². The largest absolute Gasteiger partial charge is 0.374 e. The second-order valence-electron chi connectivity index (χ2n) is 5.02. The molecule has 1 aromatic rings. The summed E-state index contributed by atoms with van der Waals surface area (Å²) < 4.78 is 32.5. The maximum absolute atomic E-state index is 12.2. The van der Waals surface area contributed by atoms with Gasteiger partial charge in [0.05, 0.1) is 17.6 Å². The zero-order chi connectivity index (χ0) is 14.8. The number of rotatable bonds is 4. The fraction of sp³-hybridized carbons (Fsp3) is 0.538. The number of likely N-dealkylation sites (N-methyl/N-ethyl adjacent to an activating group) is 1. The van der Waals surface area contributed by atoms with Crippen molar-refractivity contribution in [2.45, 2.75) is 17.9 Å². The maximum atomic E-state index is 12.2. The van der Waals surface area contributed by atoms with Crippen LogP contribution in [0.1, 0.15) is 5.56 Å². The van der Waals surface area contributed by atoms with Gasteiger partial charge in [0.2, 0.25) is 10.0 Å². The quantitative estimate of drug-likeness (QED) is 0.908. The molecule has 20 heavy (non-hydrogen) atoms. The molecule has 1 aliphatic heterocycles. The van der Waals surface area contributed by atoms with E-state index in [9.17, 15) is 8.42 Å². The first-order chi connectivity index (χ1) is 9.38. The van der Waals surface area contributed by atoms with E-state index in [1.54, 1.807) is 12.1 Å². The highest BCUT2D eigenvalue weighted by molar-refractivity contribution is 7.89. The lowest BCUT2D eigenvalue weighted by Gasteiger charge is -2.30. The van der Waals surface area contributed by atoms with Crippen LogP contribution in [0, 0.1) is 6.92 Å². The fourth-order valence-corrected chi connectivity index (χ4v) is 3.35. The van der Waals surface area contributed by atoms with E-state index in [1.165, 1.54) is 6.07 Å². The first-order valence-electron chi connectivity index (χ1n) is 6.44. The number of ether oxygens (including phenoxy) is 1. The molecule has 0 amide bonds. The standard InChI is InChI=1S/C13H19ClN2O3S/c1-10-3-4-12(7-13(10)14)20(17,18)15-8-11-9-16(2)5-6-19-11/h3-4,7,11,15H,5-6,8-9H2,1-2H3. The number of aryl methyl sites for hydroxylation is 1. The zero-order valence-corrected chi connectivity index (χ0v) is 13.2. The minimum Gasteiger partial charge on any atom is -0.374 e. The summed E-state index contributed by atoms with van der Waals surface area (Å²) >= 11 is 5.96. The first kappa shape index (κ1) is 15.7. The lowest BCUT2D eigenvalue weighted by Crippen LogP contribution is -2.45. The maximum Gasteiger partial charge on any atom is 0.240 e. The van der Waals surface area contributed by atoms with Crippen molar-refractivity contribution < 1.29 is 13.2 Å². The van der Waals surface area contributed by atoms with Crippen LogP contribution in [0.2, 0.25) is 5.02 Å². The molecule has 1 N–H and O–H groups in total. The molecule has 7 heteroatoms. The van der Waals surface area contributed by atoms with Gasteiger partial charge < -0.3 is 9.64 Å². The Bertz CT molecular complexity index is 577. The van der Waals surface area contributed by atoms with Crippen LogP contribution in [0.5, 0.6) is 0 Å². The van der Waals surface area contributed by atoms with Crippen LogP contribution in [-0.4, -0.2) is 52.7 Å². The van der Waals surface area contributed by atoms with Gasteiger partial charge in [0.1, 0.15) is 0 Å². The van der Waals surface area contributed by atoms with Crippen molar-refractivity contribution in [3.63, 3.8) is 0 Å². The molecule has 0 bridgehead atoms. The molecule has 0 spiro atoms. The zero-order valence-electron chi connectivity index (χ0n) is 11.6. The number of nitrogens with zero attached hydrogens (tertiary/aromatic N) is 1. The van der Waals surface area contributed by atoms with Crippen LogP contribution in [0.15, 0.2) is 23.1 Å². The molecule has 1 aliphatic rings. The highest BCUT2D eigenvalue weighted by atomic mass is 35.5. The lowest BCUT2D eigenvalue weighted by atomic mass is 10.2. The highest BCUT2D eigenvalue weighted by Crippen LogP contribution is 2.19. The molecule has 112 valence electrons. The van der Waals surface area contributed by atoms with Crippen molar-refractivity contribution in [3.8, 4) is 0 Å². The van der Waals surface area contributed by atoms with Crippen molar-refractivity contribution in [1.82, 2.24) is 9.62 Å². The molecule has 1 saturated heterocycles. The van der Waals surface area contributed by atoms with Gasteiger partial charge in [-0.1, -0.05) is 17.7 Å². The number of morpholine rings is 1. The Kier molecular flexibility index (Phi) is 5.04. The fourth-order valence-electron chi connectivity index (χ4n) is 2.02.